The van der Waals surface area contributed by atoms with Gasteiger partial charge in [-0.1, -0.05) is 20.3 Å². The number of H-pyrrole nitrogens is 1. The normalized spacial score (nSPS) is 19.6. The quantitative estimate of drug-likeness (QED) is 0.765. The van der Waals surface area contributed by atoms with Gasteiger partial charge in [0.1, 0.15) is 0 Å². The molecule has 0 aromatic carbocycles. The molecule has 0 bridgehead atoms. The van der Waals surface area contributed by atoms with Gasteiger partial charge in [0.05, 0.1) is 0 Å². The molecule has 1 aromatic rings. The van der Waals surface area contributed by atoms with Gasteiger partial charge >= 0.3 is 0 Å². The largest absolute Gasteiger partial charge is 0.314 e. The van der Waals surface area contributed by atoms with E-state index in [4.69, 9.17) is 0 Å². The molecule has 1 aromatic heterocycles. The number of hydrogen-bond donors (Lipinski definition) is 3. The van der Waals surface area contributed by atoms with E-state index in [1.54, 1.807) is 0 Å². The lowest BCUT2D eigenvalue weighted by atomic mass is 10.0. The fourth-order valence-corrected chi connectivity index (χ4v) is 2.38. The van der Waals surface area contributed by atoms with Gasteiger partial charge in [-0.2, -0.15) is 5.10 Å². The Hall–Kier alpha value is -1.36. The first-order valence-electron chi connectivity index (χ1n) is 7.23. The van der Waals surface area contributed by atoms with E-state index >= 15 is 0 Å². The van der Waals surface area contributed by atoms with Crippen LogP contribution < -0.4 is 10.6 Å². The fraction of sp³-hybridized carbons (Fsp3) is 0.714. The standard InChI is InChI=1S/C14H24N4O/c1-10(2)12-9-13(18-17-12)16-14(19)7-6-11-5-3-4-8-15-11/h9-11,15H,3-8H2,1-2H3,(H2,16,17,18,19). The second-order valence-electron chi connectivity index (χ2n) is 5.60. The molecule has 0 saturated carbocycles. The van der Waals surface area contributed by atoms with Crippen molar-refractivity contribution < 1.29 is 4.79 Å². The predicted molar refractivity (Wildman–Crippen MR) is 76.2 cm³/mol. The number of carbonyl (C=O) groups is 1. The highest BCUT2D eigenvalue weighted by Gasteiger charge is 2.14. The Labute approximate surface area is 114 Å². The van der Waals surface area contributed by atoms with Crippen molar-refractivity contribution in [3.05, 3.63) is 11.8 Å². The number of rotatable bonds is 5. The van der Waals surface area contributed by atoms with Crippen molar-refractivity contribution in [2.45, 2.75) is 57.9 Å². The Morgan fingerprint density at radius 3 is 3.00 bits per heavy atom. The molecule has 1 amide bonds. The Kier molecular flexibility index (Phi) is 4.96. The molecule has 0 aliphatic carbocycles. The van der Waals surface area contributed by atoms with Crippen LogP contribution in [0, 0.1) is 0 Å². The Bertz CT molecular complexity index is 407. The molecule has 2 rings (SSSR count). The van der Waals surface area contributed by atoms with E-state index in [1.807, 2.05) is 6.07 Å². The molecule has 5 nitrogen and oxygen atoms in total. The van der Waals surface area contributed by atoms with Crippen LogP contribution in [0.5, 0.6) is 0 Å². The van der Waals surface area contributed by atoms with Crippen LogP contribution in [0.4, 0.5) is 5.82 Å². The first-order valence-corrected chi connectivity index (χ1v) is 7.23. The van der Waals surface area contributed by atoms with Crippen molar-refractivity contribution in [1.82, 2.24) is 15.5 Å². The highest BCUT2D eigenvalue weighted by Crippen LogP contribution is 2.16. The fourth-order valence-electron chi connectivity index (χ4n) is 2.38. The summed E-state index contributed by atoms with van der Waals surface area (Å²) in [6.45, 7) is 5.27. The van der Waals surface area contributed by atoms with E-state index in [1.165, 1.54) is 19.3 Å². The lowest BCUT2D eigenvalue weighted by molar-refractivity contribution is -0.116. The van der Waals surface area contributed by atoms with Crippen LogP contribution in [0.1, 0.15) is 57.6 Å². The molecule has 5 heteroatoms. The van der Waals surface area contributed by atoms with Crippen molar-refractivity contribution >= 4 is 11.7 Å². The lowest BCUT2D eigenvalue weighted by Gasteiger charge is -2.22. The van der Waals surface area contributed by atoms with E-state index in [9.17, 15) is 4.79 Å². The summed E-state index contributed by atoms with van der Waals surface area (Å²) >= 11 is 0. The van der Waals surface area contributed by atoms with Gasteiger partial charge < -0.3 is 10.6 Å². The molecule has 0 radical (unpaired) electrons. The van der Waals surface area contributed by atoms with Crippen LogP contribution in [0.2, 0.25) is 0 Å². The predicted octanol–water partition coefficient (Wildman–Crippen LogP) is 2.39. The maximum Gasteiger partial charge on any atom is 0.225 e. The molecule has 1 fully saturated rings. The molecule has 106 valence electrons. The first kappa shape index (κ1) is 14.1. The molecule has 1 atom stereocenters. The number of hydrogen-bond acceptors (Lipinski definition) is 3. The molecule has 0 spiro atoms. The first-order chi connectivity index (χ1) is 9.15. The summed E-state index contributed by atoms with van der Waals surface area (Å²) in [5, 5.41) is 13.3. The lowest BCUT2D eigenvalue weighted by Crippen LogP contribution is -2.34. The number of aromatic amines is 1. The van der Waals surface area contributed by atoms with Crippen molar-refractivity contribution in [3.63, 3.8) is 0 Å². The van der Waals surface area contributed by atoms with Gasteiger partial charge in [-0.25, -0.2) is 0 Å². The van der Waals surface area contributed by atoms with Crippen molar-refractivity contribution in [2.75, 3.05) is 11.9 Å². The highest BCUT2D eigenvalue weighted by atomic mass is 16.1. The zero-order chi connectivity index (χ0) is 13.7. The SMILES string of the molecule is CC(C)c1cc(NC(=O)CCC2CCCCN2)n[nH]1. The molecule has 1 aliphatic rings. The van der Waals surface area contributed by atoms with Gasteiger partial charge in [-0.3, -0.25) is 9.89 Å². The molecule has 1 unspecified atom stereocenters. The van der Waals surface area contributed by atoms with Crippen LogP contribution in [0.3, 0.4) is 0 Å². The van der Waals surface area contributed by atoms with Crippen molar-refractivity contribution in [2.24, 2.45) is 0 Å². The molecule has 1 aliphatic heterocycles. The van der Waals surface area contributed by atoms with Gasteiger partial charge in [-0.05, 0) is 31.7 Å². The molecule has 19 heavy (non-hydrogen) atoms. The minimum Gasteiger partial charge on any atom is -0.314 e. The molecular weight excluding hydrogens is 240 g/mol. The highest BCUT2D eigenvalue weighted by molar-refractivity contribution is 5.89. The topological polar surface area (TPSA) is 69.8 Å². The third kappa shape index (κ3) is 4.35. The van der Waals surface area contributed by atoms with Crippen LogP contribution in [-0.4, -0.2) is 28.7 Å². The molecular formula is C14H24N4O. The monoisotopic (exact) mass is 264 g/mol. The number of aromatic nitrogens is 2. The number of nitrogens with zero attached hydrogens (tertiary/aromatic N) is 1. The summed E-state index contributed by atoms with van der Waals surface area (Å²) < 4.78 is 0. The van der Waals surface area contributed by atoms with Gasteiger partial charge in [-0.15, -0.1) is 0 Å². The van der Waals surface area contributed by atoms with Gasteiger partial charge in [0.15, 0.2) is 5.82 Å². The molecule has 1 saturated heterocycles. The number of piperidine rings is 1. The summed E-state index contributed by atoms with van der Waals surface area (Å²) in [4.78, 5) is 11.8. The van der Waals surface area contributed by atoms with Gasteiger partial charge in [0.25, 0.3) is 0 Å². The second kappa shape index (κ2) is 6.70. The van der Waals surface area contributed by atoms with Crippen LogP contribution in [0.15, 0.2) is 6.07 Å². The average molecular weight is 264 g/mol. The Morgan fingerprint density at radius 1 is 1.53 bits per heavy atom. The third-order valence-electron chi connectivity index (χ3n) is 3.62. The van der Waals surface area contributed by atoms with E-state index in [0.717, 1.165) is 18.7 Å². The number of carbonyl (C=O) groups excluding carboxylic acids is 1. The third-order valence-corrected chi connectivity index (χ3v) is 3.62. The van der Waals surface area contributed by atoms with E-state index < -0.39 is 0 Å². The van der Waals surface area contributed by atoms with E-state index in [0.29, 0.717) is 24.2 Å². The zero-order valence-electron chi connectivity index (χ0n) is 11.8. The van der Waals surface area contributed by atoms with E-state index in [-0.39, 0.29) is 5.91 Å². The Balaban J connectivity index is 1.73. The van der Waals surface area contributed by atoms with Crippen LogP contribution >= 0.6 is 0 Å². The van der Waals surface area contributed by atoms with Crippen LogP contribution in [-0.2, 0) is 4.79 Å². The maximum atomic E-state index is 11.8. The molecule has 2 heterocycles. The van der Waals surface area contributed by atoms with Gasteiger partial charge in [0.2, 0.25) is 5.91 Å². The molecule has 3 N–H and O–H groups in total. The Morgan fingerprint density at radius 2 is 2.37 bits per heavy atom. The van der Waals surface area contributed by atoms with Crippen molar-refractivity contribution in [1.29, 1.82) is 0 Å². The van der Waals surface area contributed by atoms with Gasteiger partial charge in [0, 0.05) is 24.2 Å². The maximum absolute atomic E-state index is 11.8. The number of anilines is 1. The minimum atomic E-state index is 0.0502. The summed E-state index contributed by atoms with van der Waals surface area (Å²) in [6, 6.07) is 2.41. The van der Waals surface area contributed by atoms with Crippen molar-refractivity contribution in [3.8, 4) is 0 Å². The minimum absolute atomic E-state index is 0.0502. The number of amides is 1. The summed E-state index contributed by atoms with van der Waals surface area (Å²) in [7, 11) is 0. The average Bonchev–Trinajstić information content (AvgIpc) is 2.86. The summed E-state index contributed by atoms with van der Waals surface area (Å²) in [5.41, 5.74) is 1.05. The zero-order valence-corrected chi connectivity index (χ0v) is 11.8. The summed E-state index contributed by atoms with van der Waals surface area (Å²) in [5.74, 6) is 1.07. The number of nitrogens with one attached hydrogen (secondary N) is 3. The second-order valence-corrected chi connectivity index (χ2v) is 5.60. The summed E-state index contributed by atoms with van der Waals surface area (Å²) in [6.07, 6.45) is 5.19. The van der Waals surface area contributed by atoms with E-state index in [2.05, 4.69) is 34.7 Å². The van der Waals surface area contributed by atoms with Crippen LogP contribution in [0.25, 0.3) is 0 Å². The smallest absolute Gasteiger partial charge is 0.225 e.